The van der Waals surface area contributed by atoms with Gasteiger partial charge in [0.25, 0.3) is 5.70 Å². The highest BCUT2D eigenvalue weighted by molar-refractivity contribution is 6.03. The predicted molar refractivity (Wildman–Crippen MR) is 77.5 cm³/mol. The number of hydrogen-bond acceptors (Lipinski definition) is 2. The van der Waals surface area contributed by atoms with Crippen LogP contribution in [0.3, 0.4) is 0 Å². The molecule has 3 nitrogen and oxygen atoms in total. The van der Waals surface area contributed by atoms with Gasteiger partial charge in [0.05, 0.1) is 13.7 Å². The van der Waals surface area contributed by atoms with Gasteiger partial charge in [0, 0.05) is 5.57 Å². The Labute approximate surface area is 118 Å². The minimum absolute atomic E-state index is 0.00935. The second-order valence-electron chi connectivity index (χ2n) is 4.06. The van der Waals surface area contributed by atoms with Crippen LogP contribution >= 0.6 is 0 Å². The predicted octanol–water partition coefficient (Wildman–Crippen LogP) is 3.54. The lowest BCUT2D eigenvalue weighted by Gasteiger charge is -2.10. The van der Waals surface area contributed by atoms with E-state index in [4.69, 9.17) is 11.3 Å². The lowest BCUT2D eigenvalue weighted by molar-refractivity contribution is -0.135. The quantitative estimate of drug-likeness (QED) is 0.482. The Morgan fingerprint density at radius 2 is 1.40 bits per heavy atom. The van der Waals surface area contributed by atoms with E-state index in [-0.39, 0.29) is 5.70 Å². The number of esters is 1. The van der Waals surface area contributed by atoms with Crippen LogP contribution in [-0.2, 0) is 9.53 Å². The van der Waals surface area contributed by atoms with Crippen LogP contribution in [0.5, 0.6) is 0 Å². The second-order valence-corrected chi connectivity index (χ2v) is 4.06. The molecule has 20 heavy (non-hydrogen) atoms. The molecule has 0 radical (unpaired) electrons. The molecular weight excluding hydrogens is 250 g/mol. The van der Waals surface area contributed by atoms with Gasteiger partial charge >= 0.3 is 5.97 Å². The van der Waals surface area contributed by atoms with Crippen LogP contribution in [0.15, 0.2) is 66.4 Å². The van der Waals surface area contributed by atoms with E-state index in [2.05, 4.69) is 4.85 Å². The molecule has 2 aromatic rings. The summed E-state index contributed by atoms with van der Waals surface area (Å²) in [4.78, 5) is 15.2. The zero-order chi connectivity index (χ0) is 14.4. The van der Waals surface area contributed by atoms with Crippen molar-refractivity contribution in [3.05, 3.63) is 88.9 Å². The van der Waals surface area contributed by atoms with E-state index in [9.17, 15) is 4.79 Å². The molecule has 0 heterocycles. The van der Waals surface area contributed by atoms with Crippen LogP contribution in [0.1, 0.15) is 11.1 Å². The van der Waals surface area contributed by atoms with E-state index < -0.39 is 5.97 Å². The summed E-state index contributed by atoms with van der Waals surface area (Å²) in [6.45, 7) is 7.29. The fraction of sp³-hybridized carbons (Fsp3) is 0.0588. The van der Waals surface area contributed by atoms with Gasteiger partial charge < -0.3 is 4.74 Å². The topological polar surface area (TPSA) is 30.7 Å². The Balaban J connectivity index is 2.71. The van der Waals surface area contributed by atoms with Gasteiger partial charge in [0.2, 0.25) is 0 Å². The maximum atomic E-state index is 11.8. The molecule has 2 aromatic carbocycles. The summed E-state index contributed by atoms with van der Waals surface area (Å²) in [6.07, 6.45) is 0. The first-order valence-electron chi connectivity index (χ1n) is 6.09. The van der Waals surface area contributed by atoms with Crippen molar-refractivity contribution in [2.45, 2.75) is 0 Å². The molecule has 0 saturated heterocycles. The third-order valence-electron chi connectivity index (χ3n) is 2.85. The SMILES string of the molecule is [C-]#[N+]C(C(=O)OC)=C(c1ccccc1)c1ccccc1. The van der Waals surface area contributed by atoms with E-state index in [0.717, 1.165) is 11.1 Å². The maximum Gasteiger partial charge on any atom is 0.336 e. The maximum absolute atomic E-state index is 11.8. The average molecular weight is 263 g/mol. The first kappa shape index (κ1) is 13.6. The molecule has 3 heteroatoms. The van der Waals surface area contributed by atoms with Gasteiger partial charge in [-0.3, -0.25) is 4.79 Å². The molecule has 0 amide bonds. The molecule has 2 rings (SSSR count). The Kier molecular flexibility index (Phi) is 4.31. The first-order chi connectivity index (χ1) is 9.77. The van der Waals surface area contributed by atoms with Crippen molar-refractivity contribution in [1.82, 2.24) is 0 Å². The fourth-order valence-electron chi connectivity index (χ4n) is 1.95. The van der Waals surface area contributed by atoms with Crippen molar-refractivity contribution in [2.24, 2.45) is 0 Å². The van der Waals surface area contributed by atoms with Crippen molar-refractivity contribution in [1.29, 1.82) is 0 Å². The Hall–Kier alpha value is -2.86. The van der Waals surface area contributed by atoms with Gasteiger partial charge in [-0.2, -0.15) is 0 Å². The number of carbonyl (C=O) groups is 1. The minimum atomic E-state index is -0.622. The third-order valence-corrected chi connectivity index (χ3v) is 2.85. The number of methoxy groups -OCH3 is 1. The number of carbonyl (C=O) groups excluding carboxylic acids is 1. The van der Waals surface area contributed by atoms with Gasteiger partial charge in [-0.1, -0.05) is 60.7 Å². The molecule has 0 N–H and O–H groups in total. The van der Waals surface area contributed by atoms with E-state index >= 15 is 0 Å². The largest absolute Gasteiger partial charge is 0.474 e. The zero-order valence-electron chi connectivity index (χ0n) is 11.0. The normalized spacial score (nSPS) is 9.40. The molecular formula is C17H13NO2. The molecule has 0 unspecified atom stereocenters. The van der Waals surface area contributed by atoms with Gasteiger partial charge in [-0.25, -0.2) is 4.85 Å². The lowest BCUT2D eigenvalue weighted by atomic mass is 9.96. The number of nitrogens with zero attached hydrogens (tertiary/aromatic N) is 1. The highest BCUT2D eigenvalue weighted by atomic mass is 16.5. The van der Waals surface area contributed by atoms with Crippen LogP contribution < -0.4 is 0 Å². The van der Waals surface area contributed by atoms with Crippen LogP contribution in [0, 0.1) is 6.57 Å². The average Bonchev–Trinajstić information content (AvgIpc) is 2.53. The van der Waals surface area contributed by atoms with Crippen LogP contribution in [0.4, 0.5) is 0 Å². The van der Waals surface area contributed by atoms with Crippen LogP contribution in [0.25, 0.3) is 10.4 Å². The monoisotopic (exact) mass is 263 g/mol. The van der Waals surface area contributed by atoms with Gasteiger partial charge in [-0.15, -0.1) is 0 Å². The Morgan fingerprint density at radius 3 is 1.75 bits per heavy atom. The summed E-state index contributed by atoms with van der Waals surface area (Å²) in [6, 6.07) is 18.8. The molecule has 0 saturated carbocycles. The zero-order valence-corrected chi connectivity index (χ0v) is 11.0. The number of ether oxygens (including phenoxy) is 1. The first-order valence-corrected chi connectivity index (χ1v) is 6.09. The van der Waals surface area contributed by atoms with Gasteiger partial charge in [0.1, 0.15) is 0 Å². The number of rotatable bonds is 3. The van der Waals surface area contributed by atoms with Crippen molar-refractivity contribution in [3.8, 4) is 0 Å². The van der Waals surface area contributed by atoms with E-state index in [1.54, 1.807) is 0 Å². The van der Waals surface area contributed by atoms with Crippen LogP contribution in [0.2, 0.25) is 0 Å². The Bertz CT molecular complexity index is 626. The van der Waals surface area contributed by atoms with Crippen molar-refractivity contribution < 1.29 is 9.53 Å². The van der Waals surface area contributed by atoms with Gasteiger partial charge in [0.15, 0.2) is 0 Å². The molecule has 0 bridgehead atoms. The molecule has 0 atom stereocenters. The molecule has 0 fully saturated rings. The standard InChI is InChI=1S/C17H13NO2/c1-18-16(17(19)20-2)15(13-9-5-3-6-10-13)14-11-7-4-8-12-14/h3-12H,2H3. The van der Waals surface area contributed by atoms with E-state index in [1.165, 1.54) is 7.11 Å². The molecule has 0 aliphatic carbocycles. The Morgan fingerprint density at radius 1 is 0.950 bits per heavy atom. The van der Waals surface area contributed by atoms with Crippen molar-refractivity contribution in [2.75, 3.05) is 7.11 Å². The van der Waals surface area contributed by atoms with E-state index in [0.29, 0.717) is 5.57 Å². The number of benzene rings is 2. The summed E-state index contributed by atoms with van der Waals surface area (Å²) in [5, 5.41) is 0. The minimum Gasteiger partial charge on any atom is -0.474 e. The number of hydrogen-bond donors (Lipinski definition) is 0. The molecule has 0 spiro atoms. The van der Waals surface area contributed by atoms with E-state index in [1.807, 2.05) is 60.7 Å². The highest BCUT2D eigenvalue weighted by Crippen LogP contribution is 2.28. The van der Waals surface area contributed by atoms with Crippen molar-refractivity contribution in [3.63, 3.8) is 0 Å². The van der Waals surface area contributed by atoms with Crippen LogP contribution in [-0.4, -0.2) is 13.1 Å². The fourth-order valence-corrected chi connectivity index (χ4v) is 1.95. The lowest BCUT2D eigenvalue weighted by Crippen LogP contribution is -2.05. The summed E-state index contributed by atoms with van der Waals surface area (Å²) in [5.41, 5.74) is 2.21. The molecule has 98 valence electrons. The smallest absolute Gasteiger partial charge is 0.336 e. The summed E-state index contributed by atoms with van der Waals surface area (Å²) in [5.74, 6) is -0.622. The van der Waals surface area contributed by atoms with Gasteiger partial charge in [-0.05, 0) is 11.1 Å². The third kappa shape index (κ3) is 2.76. The molecule has 0 aromatic heterocycles. The molecule has 0 aliphatic heterocycles. The summed E-state index contributed by atoms with van der Waals surface area (Å²) < 4.78 is 4.72. The van der Waals surface area contributed by atoms with Crippen molar-refractivity contribution >= 4 is 11.5 Å². The molecule has 0 aliphatic rings. The second kappa shape index (κ2) is 6.35. The summed E-state index contributed by atoms with van der Waals surface area (Å²) >= 11 is 0. The highest BCUT2D eigenvalue weighted by Gasteiger charge is 2.19. The summed E-state index contributed by atoms with van der Waals surface area (Å²) in [7, 11) is 1.28.